The number of hydrogen-bond acceptors (Lipinski definition) is 5. The molecule has 1 atom stereocenters. The minimum absolute atomic E-state index is 0.236. The van der Waals surface area contributed by atoms with Crippen LogP contribution in [0.4, 0.5) is 0 Å². The Hall–Kier alpha value is -1.72. The van der Waals surface area contributed by atoms with Crippen LogP contribution < -0.4 is 11.1 Å². The van der Waals surface area contributed by atoms with Crippen LogP contribution in [0.3, 0.4) is 0 Å². The quantitative estimate of drug-likeness (QED) is 0.829. The van der Waals surface area contributed by atoms with Gasteiger partial charge in [0.1, 0.15) is 0 Å². The van der Waals surface area contributed by atoms with Crippen molar-refractivity contribution in [2.45, 2.75) is 19.0 Å². The summed E-state index contributed by atoms with van der Waals surface area (Å²) in [6.45, 7) is 1.57. The van der Waals surface area contributed by atoms with Crippen LogP contribution in [0.1, 0.15) is 23.9 Å². The van der Waals surface area contributed by atoms with E-state index in [9.17, 15) is 0 Å². The zero-order valence-electron chi connectivity index (χ0n) is 9.39. The second-order valence-electron chi connectivity index (χ2n) is 4.15. The highest BCUT2D eigenvalue weighted by Gasteiger charge is 2.24. The van der Waals surface area contributed by atoms with Crippen LogP contribution in [0.15, 0.2) is 28.8 Å². The first-order chi connectivity index (χ1) is 8.36. The Morgan fingerprint density at radius 3 is 2.71 bits per heavy atom. The highest BCUT2D eigenvalue weighted by atomic mass is 16.5. The molecule has 1 aromatic carbocycles. The summed E-state index contributed by atoms with van der Waals surface area (Å²) >= 11 is 0. The molecule has 5 nitrogen and oxygen atoms in total. The third-order valence-electron chi connectivity index (χ3n) is 3.01. The molecule has 1 fully saturated rings. The second kappa shape index (κ2) is 4.27. The molecule has 0 spiro atoms. The van der Waals surface area contributed by atoms with Gasteiger partial charge in [0.15, 0.2) is 0 Å². The predicted molar refractivity (Wildman–Crippen MR) is 63.0 cm³/mol. The molecule has 17 heavy (non-hydrogen) atoms. The van der Waals surface area contributed by atoms with Gasteiger partial charge >= 0.3 is 0 Å². The van der Waals surface area contributed by atoms with Crippen LogP contribution >= 0.6 is 0 Å². The lowest BCUT2D eigenvalue weighted by Crippen LogP contribution is -2.35. The fraction of sp³-hybridized carbons (Fsp3) is 0.333. The first kappa shape index (κ1) is 10.4. The summed E-state index contributed by atoms with van der Waals surface area (Å²) < 4.78 is 5.23. The van der Waals surface area contributed by atoms with Gasteiger partial charge in [-0.2, -0.15) is 4.98 Å². The topological polar surface area (TPSA) is 77.0 Å². The van der Waals surface area contributed by atoms with Crippen LogP contribution in [-0.2, 0) is 6.54 Å². The normalized spacial score (nSPS) is 19.0. The molecule has 1 aliphatic rings. The zero-order valence-corrected chi connectivity index (χ0v) is 9.39. The summed E-state index contributed by atoms with van der Waals surface area (Å²) in [6, 6.07) is 8.12. The van der Waals surface area contributed by atoms with E-state index in [1.165, 1.54) is 0 Å². The number of aromatic nitrogens is 2. The molecule has 0 bridgehead atoms. The molecule has 1 aliphatic heterocycles. The second-order valence-corrected chi connectivity index (χ2v) is 4.15. The molecule has 1 saturated heterocycles. The summed E-state index contributed by atoms with van der Waals surface area (Å²) in [6.07, 6.45) is 1.06. The number of nitrogens with one attached hydrogen (secondary N) is 1. The summed E-state index contributed by atoms with van der Waals surface area (Å²) in [7, 11) is 0. The lowest BCUT2D eigenvalue weighted by atomic mass is 10.1. The minimum atomic E-state index is 0.236. The van der Waals surface area contributed by atoms with Crippen molar-refractivity contribution in [3.05, 3.63) is 35.7 Å². The smallest absolute Gasteiger partial charge is 0.244 e. The van der Waals surface area contributed by atoms with Crippen LogP contribution in [0.25, 0.3) is 11.4 Å². The van der Waals surface area contributed by atoms with Crippen molar-refractivity contribution in [3.63, 3.8) is 0 Å². The molecule has 1 aromatic heterocycles. The summed E-state index contributed by atoms with van der Waals surface area (Å²) in [5.74, 6) is 1.31. The molecule has 0 amide bonds. The molecule has 0 radical (unpaired) electrons. The summed E-state index contributed by atoms with van der Waals surface area (Å²) in [5, 5.41) is 7.22. The first-order valence-corrected chi connectivity index (χ1v) is 5.73. The van der Waals surface area contributed by atoms with Crippen molar-refractivity contribution in [2.24, 2.45) is 5.73 Å². The molecule has 2 heterocycles. The molecule has 5 heteroatoms. The molecule has 2 aromatic rings. The maximum atomic E-state index is 5.55. The molecular formula is C12H14N4O. The Balaban J connectivity index is 1.84. The first-order valence-electron chi connectivity index (χ1n) is 5.73. The van der Waals surface area contributed by atoms with Crippen molar-refractivity contribution in [1.82, 2.24) is 15.5 Å². The maximum absolute atomic E-state index is 5.55. The van der Waals surface area contributed by atoms with E-state index in [4.69, 9.17) is 10.3 Å². The number of benzene rings is 1. The van der Waals surface area contributed by atoms with Crippen LogP contribution in [0, 0.1) is 0 Å². The van der Waals surface area contributed by atoms with E-state index >= 15 is 0 Å². The van der Waals surface area contributed by atoms with Gasteiger partial charge < -0.3 is 15.6 Å². The Labute approximate surface area is 99.0 Å². The molecule has 0 saturated carbocycles. The predicted octanol–water partition coefficient (Wildman–Crippen LogP) is 1.23. The van der Waals surface area contributed by atoms with E-state index in [-0.39, 0.29) is 6.04 Å². The summed E-state index contributed by atoms with van der Waals surface area (Å²) in [5.41, 5.74) is 7.60. The highest BCUT2D eigenvalue weighted by molar-refractivity contribution is 5.54. The zero-order chi connectivity index (χ0) is 11.7. The molecule has 3 rings (SSSR count). The fourth-order valence-electron chi connectivity index (χ4n) is 1.78. The summed E-state index contributed by atoms with van der Waals surface area (Å²) in [4.78, 5) is 4.39. The number of rotatable bonds is 3. The standard InChI is InChI=1S/C12H14N4O/c13-7-8-1-3-9(4-2-8)11-15-12(17-16-11)10-5-6-14-10/h1-4,10,14H,5-7,13H2/t10-/m1/s1. The van der Waals surface area contributed by atoms with Crippen molar-refractivity contribution < 1.29 is 4.52 Å². The molecule has 0 aliphatic carbocycles. The minimum Gasteiger partial charge on any atom is -0.337 e. The highest BCUT2D eigenvalue weighted by Crippen LogP contribution is 2.24. The maximum Gasteiger partial charge on any atom is 0.244 e. The fourth-order valence-corrected chi connectivity index (χ4v) is 1.78. The van der Waals surface area contributed by atoms with Crippen LogP contribution in [-0.4, -0.2) is 16.7 Å². The van der Waals surface area contributed by atoms with Gasteiger partial charge in [0.25, 0.3) is 0 Å². The van der Waals surface area contributed by atoms with E-state index in [0.29, 0.717) is 18.3 Å². The van der Waals surface area contributed by atoms with Gasteiger partial charge in [-0.3, -0.25) is 0 Å². The number of nitrogens with two attached hydrogens (primary N) is 1. The molecular weight excluding hydrogens is 216 g/mol. The average molecular weight is 230 g/mol. The molecule has 3 N–H and O–H groups in total. The van der Waals surface area contributed by atoms with Crippen LogP contribution in [0.2, 0.25) is 0 Å². The van der Waals surface area contributed by atoms with Crippen molar-refractivity contribution in [2.75, 3.05) is 6.54 Å². The SMILES string of the molecule is NCc1ccc(-c2noc([C@H]3CCN3)n2)cc1. The van der Waals surface area contributed by atoms with Crippen molar-refractivity contribution in [1.29, 1.82) is 0 Å². The number of nitrogens with zero attached hydrogens (tertiary/aromatic N) is 2. The largest absolute Gasteiger partial charge is 0.337 e. The number of hydrogen-bond donors (Lipinski definition) is 2. The van der Waals surface area contributed by atoms with Crippen molar-refractivity contribution in [3.8, 4) is 11.4 Å². The molecule has 88 valence electrons. The van der Waals surface area contributed by atoms with Crippen molar-refractivity contribution >= 4 is 0 Å². The van der Waals surface area contributed by atoms with E-state index < -0.39 is 0 Å². The molecule has 0 unspecified atom stereocenters. The Kier molecular flexibility index (Phi) is 2.62. The Morgan fingerprint density at radius 2 is 2.12 bits per heavy atom. The van der Waals surface area contributed by atoms with Gasteiger partial charge in [0.2, 0.25) is 11.7 Å². The Bertz CT molecular complexity index is 501. The third kappa shape index (κ3) is 1.94. The van der Waals surface area contributed by atoms with Gasteiger partial charge in [-0.25, -0.2) is 0 Å². The van der Waals surface area contributed by atoms with E-state index in [0.717, 1.165) is 24.1 Å². The average Bonchev–Trinajstić information content (AvgIpc) is 2.76. The van der Waals surface area contributed by atoms with Gasteiger partial charge in [0.05, 0.1) is 6.04 Å². The van der Waals surface area contributed by atoms with Gasteiger partial charge in [0, 0.05) is 12.1 Å². The van der Waals surface area contributed by atoms with E-state index in [1.54, 1.807) is 0 Å². The monoisotopic (exact) mass is 230 g/mol. The van der Waals surface area contributed by atoms with Crippen LogP contribution in [0.5, 0.6) is 0 Å². The lowest BCUT2D eigenvalue weighted by molar-refractivity contribution is 0.273. The van der Waals surface area contributed by atoms with E-state index in [2.05, 4.69) is 15.5 Å². The van der Waals surface area contributed by atoms with Gasteiger partial charge in [-0.15, -0.1) is 0 Å². The lowest BCUT2D eigenvalue weighted by Gasteiger charge is -2.23. The van der Waals surface area contributed by atoms with Gasteiger partial charge in [-0.1, -0.05) is 29.4 Å². The Morgan fingerprint density at radius 1 is 1.35 bits per heavy atom. The van der Waals surface area contributed by atoms with Gasteiger partial charge in [-0.05, 0) is 18.5 Å². The third-order valence-corrected chi connectivity index (χ3v) is 3.01. The van der Waals surface area contributed by atoms with E-state index in [1.807, 2.05) is 24.3 Å².